The van der Waals surface area contributed by atoms with Crippen LogP contribution in [0.2, 0.25) is 0 Å². The number of imidazole rings is 1. The monoisotopic (exact) mass is 381 g/mol. The van der Waals surface area contributed by atoms with Crippen molar-refractivity contribution in [1.82, 2.24) is 19.5 Å². The number of aromatic nitrogens is 4. The van der Waals surface area contributed by atoms with Gasteiger partial charge in [-0.25, -0.2) is 4.98 Å². The molecule has 2 aromatic heterocycles. The Labute approximate surface area is 151 Å². The van der Waals surface area contributed by atoms with Crippen molar-refractivity contribution in [2.75, 3.05) is 24.7 Å². The predicted molar refractivity (Wildman–Crippen MR) is 73.0 cm³/mol. The molecule has 4 rings (SSSR count). The van der Waals surface area contributed by atoms with Gasteiger partial charge in [-0.3, -0.25) is 4.57 Å². The number of aliphatic hydroxyl groups is 1. The summed E-state index contributed by atoms with van der Waals surface area (Å²) in [6.07, 6.45) is 0.994. The zero-order valence-electron chi connectivity index (χ0n) is 12.0. The number of ether oxygens (including phenoxy) is 2. The van der Waals surface area contributed by atoms with Gasteiger partial charge in [0.15, 0.2) is 17.7 Å². The number of hydrogen-bond acceptors (Lipinski definition) is 8. The van der Waals surface area contributed by atoms with Crippen molar-refractivity contribution in [3.63, 3.8) is 0 Å². The molecule has 9 nitrogen and oxygen atoms in total. The Kier molecular flexibility index (Phi) is 3.89. The van der Waals surface area contributed by atoms with Crippen molar-refractivity contribution in [2.45, 2.75) is 24.9 Å². The maximum absolute atomic E-state index is 9.63. The molecule has 2 aliphatic heterocycles. The van der Waals surface area contributed by atoms with Crippen LogP contribution >= 0.6 is 0 Å². The van der Waals surface area contributed by atoms with E-state index in [-0.39, 0.29) is 63.1 Å². The summed E-state index contributed by atoms with van der Waals surface area (Å²) in [5, 5.41) is 9.63. The van der Waals surface area contributed by atoms with E-state index in [0.717, 1.165) is 0 Å². The average molecular weight is 381 g/mol. The predicted octanol–water partition coefficient (Wildman–Crippen LogP) is -0.717. The molecule has 115 valence electrons. The summed E-state index contributed by atoms with van der Waals surface area (Å²) in [7, 11) is 0. The molecule has 0 saturated carbocycles. The summed E-state index contributed by atoms with van der Waals surface area (Å²) in [5.41, 5.74) is 11.8. The zero-order chi connectivity index (χ0) is 14.8. The minimum absolute atomic E-state index is 0. The molecular formula is C12H16N6O3Y. The van der Waals surface area contributed by atoms with Crippen LogP contribution in [0.15, 0.2) is 6.33 Å². The maximum atomic E-state index is 9.63. The smallest absolute Gasteiger partial charge is 0.224 e. The van der Waals surface area contributed by atoms with Gasteiger partial charge in [0.25, 0.3) is 0 Å². The van der Waals surface area contributed by atoms with Crippen molar-refractivity contribution in [3.8, 4) is 0 Å². The number of aliphatic hydroxyl groups excluding tert-OH is 1. The number of nitrogens with two attached hydrogens (primary N) is 2. The largest absolute Gasteiger partial charge is 0.393 e. The van der Waals surface area contributed by atoms with E-state index in [1.807, 2.05) is 6.92 Å². The third-order valence-corrected chi connectivity index (χ3v) is 4.49. The summed E-state index contributed by atoms with van der Waals surface area (Å²) in [4.78, 5) is 12.3. The first-order chi connectivity index (χ1) is 10.1. The van der Waals surface area contributed by atoms with Crippen LogP contribution in [0, 0.1) is 5.92 Å². The van der Waals surface area contributed by atoms with E-state index in [1.165, 1.54) is 0 Å². The van der Waals surface area contributed by atoms with Gasteiger partial charge in [0.1, 0.15) is 17.2 Å². The molecule has 4 atom stereocenters. The summed E-state index contributed by atoms with van der Waals surface area (Å²) in [5.74, 6) is 0.377. The molecule has 5 N–H and O–H groups in total. The van der Waals surface area contributed by atoms with Gasteiger partial charge < -0.3 is 26.0 Å². The first-order valence-corrected chi connectivity index (χ1v) is 6.71. The van der Waals surface area contributed by atoms with Crippen LogP contribution < -0.4 is 11.5 Å². The van der Waals surface area contributed by atoms with E-state index in [1.54, 1.807) is 10.9 Å². The molecule has 10 heteroatoms. The molecule has 2 saturated heterocycles. The Morgan fingerprint density at radius 3 is 2.91 bits per heavy atom. The van der Waals surface area contributed by atoms with Crippen molar-refractivity contribution >= 4 is 22.9 Å². The van der Waals surface area contributed by atoms with Crippen LogP contribution in [-0.4, -0.2) is 49.5 Å². The second-order valence-corrected chi connectivity index (χ2v) is 5.59. The Morgan fingerprint density at radius 2 is 2.23 bits per heavy atom. The second-order valence-electron chi connectivity index (χ2n) is 5.59. The van der Waals surface area contributed by atoms with Crippen molar-refractivity contribution < 1.29 is 47.3 Å². The molecule has 0 amide bonds. The van der Waals surface area contributed by atoms with Gasteiger partial charge >= 0.3 is 0 Å². The van der Waals surface area contributed by atoms with Gasteiger partial charge in [0.2, 0.25) is 5.95 Å². The van der Waals surface area contributed by atoms with Crippen molar-refractivity contribution in [1.29, 1.82) is 0 Å². The SMILES string of the molecule is C[C@@H]1C2OC[C@]1(CO)O[C@H]2n1cnc2c(N)nc(N)nc21.[Y]. The van der Waals surface area contributed by atoms with Gasteiger partial charge in [-0.05, 0) is 0 Å². The summed E-state index contributed by atoms with van der Waals surface area (Å²) >= 11 is 0. The third kappa shape index (κ3) is 2.00. The Balaban J connectivity index is 0.00000144. The number of rotatable bonds is 2. The van der Waals surface area contributed by atoms with Gasteiger partial charge in [0, 0.05) is 38.6 Å². The number of nitrogen functional groups attached to an aromatic ring is 2. The molecule has 2 fully saturated rings. The van der Waals surface area contributed by atoms with Gasteiger partial charge in [0.05, 0.1) is 19.5 Å². The molecule has 1 radical (unpaired) electrons. The normalized spacial score (nSPS) is 33.3. The van der Waals surface area contributed by atoms with E-state index in [2.05, 4.69) is 15.0 Å². The zero-order valence-corrected chi connectivity index (χ0v) is 14.8. The Morgan fingerprint density at radius 1 is 1.45 bits per heavy atom. The van der Waals surface area contributed by atoms with Crippen LogP contribution in [0.5, 0.6) is 0 Å². The first kappa shape index (κ1) is 16.0. The fourth-order valence-electron chi connectivity index (χ4n) is 3.17. The Bertz CT molecular complexity index is 724. The number of hydrogen-bond donors (Lipinski definition) is 3. The minimum atomic E-state index is -0.671. The fourth-order valence-corrected chi connectivity index (χ4v) is 3.17. The van der Waals surface area contributed by atoms with Crippen LogP contribution in [0.25, 0.3) is 11.2 Å². The summed E-state index contributed by atoms with van der Waals surface area (Å²) in [6, 6.07) is 0. The van der Waals surface area contributed by atoms with Crippen LogP contribution in [0.1, 0.15) is 13.2 Å². The number of nitrogens with zero attached hydrogens (tertiary/aromatic N) is 4. The molecular weight excluding hydrogens is 365 g/mol. The summed E-state index contributed by atoms with van der Waals surface area (Å²) in [6.45, 7) is 2.30. The average Bonchev–Trinajstić information content (AvgIpc) is 3.09. The molecule has 2 aliphatic rings. The van der Waals surface area contributed by atoms with Gasteiger partial charge in [-0.2, -0.15) is 9.97 Å². The van der Waals surface area contributed by atoms with Crippen LogP contribution in [-0.2, 0) is 42.2 Å². The third-order valence-electron chi connectivity index (χ3n) is 4.49. The summed E-state index contributed by atoms with van der Waals surface area (Å²) < 4.78 is 13.5. The Hall–Kier alpha value is -0.866. The quantitative estimate of drug-likeness (QED) is 0.621. The molecule has 0 spiro atoms. The van der Waals surface area contributed by atoms with Gasteiger partial charge in [-0.15, -0.1) is 0 Å². The maximum Gasteiger partial charge on any atom is 0.224 e. The standard InChI is InChI=1S/C12H16N6O3.Y/c1-5-7-10(21-12(5,2-19)3-20-7)18-4-15-6-8(13)16-11(14)17-9(6)18;/h4-5,7,10,19H,2-3H2,1H3,(H4,13,14,16,17);/t5-,7?,10-,12+;/m1./s1. The van der Waals surface area contributed by atoms with Crippen molar-refractivity contribution in [3.05, 3.63) is 6.33 Å². The molecule has 0 aliphatic carbocycles. The first-order valence-electron chi connectivity index (χ1n) is 6.71. The van der Waals surface area contributed by atoms with E-state index in [9.17, 15) is 5.11 Å². The molecule has 22 heavy (non-hydrogen) atoms. The fraction of sp³-hybridized carbons (Fsp3) is 0.583. The second kappa shape index (κ2) is 5.35. The number of fused-ring (bicyclic) bond motifs is 3. The number of anilines is 2. The van der Waals surface area contributed by atoms with Crippen LogP contribution in [0.3, 0.4) is 0 Å². The van der Waals surface area contributed by atoms with Gasteiger partial charge in [-0.1, -0.05) is 6.92 Å². The van der Waals surface area contributed by atoms with Crippen LogP contribution in [0.4, 0.5) is 11.8 Å². The van der Waals surface area contributed by atoms with E-state index in [4.69, 9.17) is 20.9 Å². The molecule has 2 aromatic rings. The molecule has 4 heterocycles. The molecule has 1 unspecified atom stereocenters. The molecule has 2 bridgehead atoms. The molecule has 0 aromatic carbocycles. The van der Waals surface area contributed by atoms with Crippen molar-refractivity contribution in [2.24, 2.45) is 5.92 Å². The van der Waals surface area contributed by atoms with E-state index >= 15 is 0 Å². The minimum Gasteiger partial charge on any atom is -0.393 e. The van der Waals surface area contributed by atoms with E-state index < -0.39 is 11.8 Å². The van der Waals surface area contributed by atoms with E-state index in [0.29, 0.717) is 17.8 Å². The topological polar surface area (TPSA) is 134 Å².